The molecule has 1 aromatic carbocycles. The first-order valence-corrected chi connectivity index (χ1v) is 7.53. The first-order chi connectivity index (χ1) is 9.40. The van der Waals surface area contributed by atoms with Crippen molar-refractivity contribution in [2.24, 2.45) is 5.92 Å². The summed E-state index contributed by atoms with van der Waals surface area (Å²) in [5.74, 6) is 0.582. The maximum atomic E-state index is 13.6. The van der Waals surface area contributed by atoms with Gasteiger partial charge in [-0.1, -0.05) is 32.0 Å². The number of likely N-dealkylation sites (N-methyl/N-ethyl adjacent to an activating group) is 1. The lowest BCUT2D eigenvalue weighted by atomic mass is 10.0. The maximum absolute atomic E-state index is 13.6. The molecule has 0 bridgehead atoms. The Hall–Kier alpha value is -0.930. The van der Waals surface area contributed by atoms with Crippen molar-refractivity contribution < 1.29 is 4.39 Å². The molecule has 0 aliphatic carbocycles. The second-order valence-corrected chi connectivity index (χ2v) is 6.35. The molecule has 20 heavy (non-hydrogen) atoms. The predicted molar refractivity (Wildman–Crippen MR) is 84.5 cm³/mol. The molecule has 0 radical (unpaired) electrons. The smallest absolute Gasteiger partial charge is 0.126 e. The minimum atomic E-state index is -0.104. The molecular formula is C17H29FN2. The SMILES string of the molecule is CC(C)CC(CNC(C)Cc1ccccc1F)N(C)C. The van der Waals surface area contributed by atoms with Gasteiger partial charge in [-0.25, -0.2) is 4.39 Å². The van der Waals surface area contributed by atoms with Gasteiger partial charge in [0.25, 0.3) is 0 Å². The van der Waals surface area contributed by atoms with Crippen LogP contribution in [-0.4, -0.2) is 37.6 Å². The second kappa shape index (κ2) is 8.38. The van der Waals surface area contributed by atoms with E-state index < -0.39 is 0 Å². The molecule has 2 nitrogen and oxygen atoms in total. The van der Waals surface area contributed by atoms with Crippen molar-refractivity contribution in [1.29, 1.82) is 0 Å². The fraction of sp³-hybridized carbons (Fsp3) is 0.647. The molecule has 0 heterocycles. The van der Waals surface area contributed by atoms with Crippen molar-refractivity contribution >= 4 is 0 Å². The van der Waals surface area contributed by atoms with Gasteiger partial charge in [-0.2, -0.15) is 0 Å². The Bertz CT molecular complexity index is 390. The van der Waals surface area contributed by atoms with Crippen LogP contribution in [0.1, 0.15) is 32.8 Å². The van der Waals surface area contributed by atoms with Crippen LogP contribution in [0, 0.1) is 11.7 Å². The zero-order valence-corrected chi connectivity index (χ0v) is 13.5. The molecule has 1 N–H and O–H groups in total. The standard InChI is InChI=1S/C17H29FN2/c1-13(2)10-16(20(4)5)12-19-14(3)11-15-8-6-7-9-17(15)18/h6-9,13-14,16,19H,10-12H2,1-5H3. The molecule has 1 rings (SSSR count). The lowest BCUT2D eigenvalue weighted by molar-refractivity contribution is 0.241. The third kappa shape index (κ3) is 6.02. The van der Waals surface area contributed by atoms with Gasteiger partial charge in [-0.3, -0.25) is 0 Å². The predicted octanol–water partition coefficient (Wildman–Crippen LogP) is 3.32. The van der Waals surface area contributed by atoms with Gasteiger partial charge in [0.05, 0.1) is 0 Å². The minimum Gasteiger partial charge on any atom is -0.312 e. The van der Waals surface area contributed by atoms with Crippen LogP contribution in [0.4, 0.5) is 4.39 Å². The Morgan fingerprint density at radius 2 is 1.80 bits per heavy atom. The highest BCUT2D eigenvalue weighted by molar-refractivity contribution is 5.18. The van der Waals surface area contributed by atoms with Gasteiger partial charge in [-0.15, -0.1) is 0 Å². The summed E-state index contributed by atoms with van der Waals surface area (Å²) in [5.41, 5.74) is 0.790. The highest BCUT2D eigenvalue weighted by Gasteiger charge is 2.15. The van der Waals surface area contributed by atoms with Gasteiger partial charge in [0, 0.05) is 18.6 Å². The first-order valence-electron chi connectivity index (χ1n) is 7.53. The Balaban J connectivity index is 2.45. The quantitative estimate of drug-likeness (QED) is 0.786. The lowest BCUT2D eigenvalue weighted by Gasteiger charge is -2.28. The van der Waals surface area contributed by atoms with E-state index in [1.165, 1.54) is 12.5 Å². The van der Waals surface area contributed by atoms with E-state index in [1.807, 2.05) is 12.1 Å². The van der Waals surface area contributed by atoms with Gasteiger partial charge in [0.15, 0.2) is 0 Å². The van der Waals surface area contributed by atoms with Crippen molar-refractivity contribution in [1.82, 2.24) is 10.2 Å². The van der Waals surface area contributed by atoms with Crippen LogP contribution >= 0.6 is 0 Å². The maximum Gasteiger partial charge on any atom is 0.126 e. The summed E-state index contributed by atoms with van der Waals surface area (Å²) in [6, 6.07) is 7.84. The Labute approximate surface area is 123 Å². The van der Waals surface area contributed by atoms with Crippen molar-refractivity contribution in [2.75, 3.05) is 20.6 Å². The topological polar surface area (TPSA) is 15.3 Å². The van der Waals surface area contributed by atoms with E-state index in [9.17, 15) is 4.39 Å². The van der Waals surface area contributed by atoms with E-state index in [4.69, 9.17) is 0 Å². The number of halogens is 1. The Morgan fingerprint density at radius 3 is 2.35 bits per heavy atom. The van der Waals surface area contributed by atoms with Gasteiger partial charge >= 0.3 is 0 Å². The summed E-state index contributed by atoms with van der Waals surface area (Å²) in [6.07, 6.45) is 1.90. The van der Waals surface area contributed by atoms with E-state index >= 15 is 0 Å². The highest BCUT2D eigenvalue weighted by Crippen LogP contribution is 2.11. The highest BCUT2D eigenvalue weighted by atomic mass is 19.1. The number of hydrogen-bond acceptors (Lipinski definition) is 2. The molecule has 0 aliphatic rings. The average Bonchev–Trinajstić information content (AvgIpc) is 2.36. The molecule has 2 unspecified atom stereocenters. The van der Waals surface area contributed by atoms with E-state index in [0.29, 0.717) is 12.0 Å². The van der Waals surface area contributed by atoms with Crippen molar-refractivity contribution in [3.8, 4) is 0 Å². The zero-order valence-electron chi connectivity index (χ0n) is 13.5. The third-order valence-corrected chi connectivity index (χ3v) is 3.66. The summed E-state index contributed by atoms with van der Waals surface area (Å²) < 4.78 is 13.6. The van der Waals surface area contributed by atoms with Gasteiger partial charge in [-0.05, 0) is 51.4 Å². The summed E-state index contributed by atoms with van der Waals surface area (Å²) >= 11 is 0. The molecule has 0 aliphatic heterocycles. The number of benzene rings is 1. The molecule has 1 aromatic rings. The zero-order chi connectivity index (χ0) is 15.1. The molecule has 0 aromatic heterocycles. The third-order valence-electron chi connectivity index (χ3n) is 3.66. The normalized spacial score (nSPS) is 14.8. The van der Waals surface area contributed by atoms with E-state index in [-0.39, 0.29) is 11.9 Å². The summed E-state index contributed by atoms with van der Waals surface area (Å²) in [6.45, 7) is 7.56. The van der Waals surface area contributed by atoms with Crippen LogP contribution in [0.15, 0.2) is 24.3 Å². The van der Waals surface area contributed by atoms with Crippen molar-refractivity contribution in [2.45, 2.75) is 45.7 Å². The number of nitrogens with zero attached hydrogens (tertiary/aromatic N) is 1. The van der Waals surface area contributed by atoms with Gasteiger partial charge < -0.3 is 10.2 Å². The van der Waals surface area contributed by atoms with Gasteiger partial charge in [0.2, 0.25) is 0 Å². The van der Waals surface area contributed by atoms with Crippen LogP contribution in [0.5, 0.6) is 0 Å². The second-order valence-electron chi connectivity index (χ2n) is 6.35. The lowest BCUT2D eigenvalue weighted by Crippen LogP contribution is -2.42. The van der Waals surface area contributed by atoms with Crippen LogP contribution in [0.25, 0.3) is 0 Å². The molecule has 114 valence electrons. The van der Waals surface area contributed by atoms with Crippen LogP contribution in [0.3, 0.4) is 0 Å². The first kappa shape index (κ1) is 17.1. The minimum absolute atomic E-state index is 0.104. The van der Waals surface area contributed by atoms with E-state index in [1.54, 1.807) is 6.07 Å². The largest absolute Gasteiger partial charge is 0.312 e. The molecule has 0 saturated heterocycles. The number of hydrogen-bond donors (Lipinski definition) is 1. The van der Waals surface area contributed by atoms with Gasteiger partial charge in [0.1, 0.15) is 5.82 Å². The van der Waals surface area contributed by atoms with Crippen molar-refractivity contribution in [3.05, 3.63) is 35.6 Å². The van der Waals surface area contributed by atoms with E-state index in [2.05, 4.69) is 45.1 Å². The summed E-state index contributed by atoms with van der Waals surface area (Å²) in [5, 5.41) is 3.54. The molecule has 0 saturated carbocycles. The molecule has 3 heteroatoms. The monoisotopic (exact) mass is 280 g/mol. The Kier molecular flexibility index (Phi) is 7.17. The van der Waals surface area contributed by atoms with Crippen molar-refractivity contribution in [3.63, 3.8) is 0 Å². The van der Waals surface area contributed by atoms with Crippen LogP contribution in [0.2, 0.25) is 0 Å². The van der Waals surface area contributed by atoms with Crippen LogP contribution < -0.4 is 5.32 Å². The molecule has 2 atom stereocenters. The molecule has 0 amide bonds. The fourth-order valence-electron chi connectivity index (χ4n) is 2.42. The number of nitrogens with one attached hydrogen (secondary N) is 1. The molecular weight excluding hydrogens is 251 g/mol. The average molecular weight is 280 g/mol. The molecule has 0 fully saturated rings. The summed E-state index contributed by atoms with van der Waals surface area (Å²) in [4.78, 5) is 2.27. The van der Waals surface area contributed by atoms with Crippen LogP contribution in [-0.2, 0) is 6.42 Å². The Morgan fingerprint density at radius 1 is 1.15 bits per heavy atom. The fourth-order valence-corrected chi connectivity index (χ4v) is 2.42. The van der Waals surface area contributed by atoms with E-state index in [0.717, 1.165) is 18.5 Å². The summed E-state index contributed by atoms with van der Waals surface area (Å²) in [7, 11) is 4.24. The molecule has 0 spiro atoms. The number of rotatable bonds is 8.